The summed E-state index contributed by atoms with van der Waals surface area (Å²) < 4.78 is 5.63. The quantitative estimate of drug-likeness (QED) is 0.747. The minimum atomic E-state index is 0.570. The molecule has 0 N–H and O–H groups in total. The summed E-state index contributed by atoms with van der Waals surface area (Å²) in [5.74, 6) is 1.29. The van der Waals surface area contributed by atoms with E-state index >= 15 is 0 Å². The molecule has 0 spiro atoms. The van der Waals surface area contributed by atoms with Gasteiger partial charge in [0.25, 0.3) is 0 Å². The van der Waals surface area contributed by atoms with E-state index in [9.17, 15) is 0 Å². The summed E-state index contributed by atoms with van der Waals surface area (Å²) >= 11 is 0. The Morgan fingerprint density at radius 2 is 2.07 bits per heavy atom. The molecule has 0 saturated heterocycles. The zero-order chi connectivity index (χ0) is 10.7. The third kappa shape index (κ3) is 2.10. The van der Waals surface area contributed by atoms with Gasteiger partial charge in [-0.1, -0.05) is 0 Å². The molecule has 0 unspecified atom stereocenters. The average molecular weight is 201 g/mol. The lowest BCUT2D eigenvalue weighted by atomic mass is 10.3. The molecule has 2 aromatic rings. The Hall–Kier alpha value is -1.97. The Labute approximate surface area is 88.0 Å². The second-order valence-corrected chi connectivity index (χ2v) is 3.20. The van der Waals surface area contributed by atoms with E-state index in [0.717, 1.165) is 17.0 Å². The van der Waals surface area contributed by atoms with E-state index in [1.54, 1.807) is 12.4 Å². The van der Waals surface area contributed by atoms with Crippen molar-refractivity contribution in [1.29, 1.82) is 0 Å². The van der Waals surface area contributed by atoms with Crippen LogP contribution in [-0.2, 0) is 0 Å². The van der Waals surface area contributed by atoms with Crippen LogP contribution in [0, 0.1) is 13.8 Å². The number of ether oxygens (including phenoxy) is 1. The third-order valence-electron chi connectivity index (χ3n) is 2.01. The maximum absolute atomic E-state index is 5.63. The van der Waals surface area contributed by atoms with Crippen LogP contribution in [0.4, 0.5) is 0 Å². The minimum absolute atomic E-state index is 0.570. The van der Waals surface area contributed by atoms with Gasteiger partial charge in [-0.25, -0.2) is 9.97 Å². The second kappa shape index (κ2) is 4.04. The Balaban J connectivity index is 2.30. The van der Waals surface area contributed by atoms with E-state index in [-0.39, 0.29) is 0 Å². The Morgan fingerprint density at radius 1 is 1.20 bits per heavy atom. The number of hydrogen-bond acceptors (Lipinski definition) is 4. The number of rotatable bonds is 2. The summed E-state index contributed by atoms with van der Waals surface area (Å²) in [6.07, 6.45) is 4.91. The van der Waals surface area contributed by atoms with Gasteiger partial charge in [-0.05, 0) is 26.0 Å². The van der Waals surface area contributed by atoms with Gasteiger partial charge in [0.05, 0.1) is 5.69 Å². The first-order valence-corrected chi connectivity index (χ1v) is 4.63. The summed E-state index contributed by atoms with van der Waals surface area (Å²) in [4.78, 5) is 12.1. The maximum Gasteiger partial charge on any atom is 0.225 e. The van der Waals surface area contributed by atoms with Gasteiger partial charge in [0.15, 0.2) is 5.75 Å². The van der Waals surface area contributed by atoms with Crippen molar-refractivity contribution in [2.45, 2.75) is 13.8 Å². The molecule has 0 bridgehead atoms. The van der Waals surface area contributed by atoms with E-state index in [1.165, 1.54) is 6.33 Å². The van der Waals surface area contributed by atoms with Gasteiger partial charge in [0.2, 0.25) is 5.88 Å². The fourth-order valence-electron chi connectivity index (χ4n) is 1.18. The second-order valence-electron chi connectivity index (χ2n) is 3.20. The van der Waals surface area contributed by atoms with Crippen LogP contribution in [-0.4, -0.2) is 15.0 Å². The molecule has 4 nitrogen and oxygen atoms in total. The van der Waals surface area contributed by atoms with Gasteiger partial charge in [-0.3, -0.25) is 4.98 Å². The number of aryl methyl sites for hydroxylation is 2. The molecular formula is C11H11N3O. The van der Waals surface area contributed by atoms with E-state index in [0.29, 0.717) is 5.88 Å². The van der Waals surface area contributed by atoms with Crippen molar-refractivity contribution in [2.24, 2.45) is 0 Å². The number of aromatic nitrogens is 3. The zero-order valence-corrected chi connectivity index (χ0v) is 8.64. The van der Waals surface area contributed by atoms with Crippen LogP contribution in [0.5, 0.6) is 11.6 Å². The fourth-order valence-corrected chi connectivity index (χ4v) is 1.18. The summed E-state index contributed by atoms with van der Waals surface area (Å²) in [5, 5.41) is 0. The van der Waals surface area contributed by atoms with Crippen molar-refractivity contribution in [1.82, 2.24) is 15.0 Å². The summed E-state index contributed by atoms with van der Waals surface area (Å²) in [6, 6.07) is 3.70. The largest absolute Gasteiger partial charge is 0.437 e. The molecule has 0 aliphatic carbocycles. The predicted octanol–water partition coefficient (Wildman–Crippen LogP) is 2.28. The Morgan fingerprint density at radius 3 is 2.80 bits per heavy atom. The minimum Gasteiger partial charge on any atom is -0.437 e. The van der Waals surface area contributed by atoms with Crippen molar-refractivity contribution in [3.05, 3.63) is 42.1 Å². The fraction of sp³-hybridized carbons (Fsp3) is 0.182. The summed E-state index contributed by atoms with van der Waals surface area (Å²) in [7, 11) is 0. The maximum atomic E-state index is 5.63. The molecule has 0 amide bonds. The van der Waals surface area contributed by atoms with Crippen molar-refractivity contribution in [3.63, 3.8) is 0 Å². The van der Waals surface area contributed by atoms with Crippen molar-refractivity contribution in [2.75, 3.05) is 0 Å². The lowest BCUT2D eigenvalue weighted by Crippen LogP contribution is -1.94. The lowest BCUT2D eigenvalue weighted by molar-refractivity contribution is 0.451. The number of pyridine rings is 1. The normalized spacial score (nSPS) is 10.0. The molecule has 0 saturated carbocycles. The van der Waals surface area contributed by atoms with Crippen LogP contribution in [0.1, 0.15) is 11.3 Å². The third-order valence-corrected chi connectivity index (χ3v) is 2.01. The monoisotopic (exact) mass is 201 g/mol. The highest BCUT2D eigenvalue weighted by Crippen LogP contribution is 2.23. The topological polar surface area (TPSA) is 47.9 Å². The average Bonchev–Trinajstić information content (AvgIpc) is 2.24. The molecule has 2 aromatic heterocycles. The van der Waals surface area contributed by atoms with Crippen molar-refractivity contribution >= 4 is 0 Å². The number of nitrogens with zero attached hydrogens (tertiary/aromatic N) is 3. The van der Waals surface area contributed by atoms with Gasteiger partial charge in [-0.15, -0.1) is 0 Å². The Bertz CT molecular complexity index is 427. The summed E-state index contributed by atoms with van der Waals surface area (Å²) in [6.45, 7) is 3.80. The molecule has 0 aliphatic rings. The van der Waals surface area contributed by atoms with Crippen LogP contribution in [0.3, 0.4) is 0 Å². The highest BCUT2D eigenvalue weighted by molar-refractivity contribution is 5.32. The molecule has 0 aromatic carbocycles. The van der Waals surface area contributed by atoms with Crippen LogP contribution in [0.2, 0.25) is 0 Å². The first kappa shape index (κ1) is 9.58. The SMILES string of the molecule is Cc1cncnc1Oc1cccnc1C. The number of hydrogen-bond donors (Lipinski definition) is 0. The molecule has 76 valence electrons. The van der Waals surface area contributed by atoms with E-state index in [2.05, 4.69) is 15.0 Å². The molecule has 0 radical (unpaired) electrons. The van der Waals surface area contributed by atoms with Crippen LogP contribution in [0.25, 0.3) is 0 Å². The zero-order valence-electron chi connectivity index (χ0n) is 8.64. The van der Waals surface area contributed by atoms with E-state index < -0.39 is 0 Å². The van der Waals surface area contributed by atoms with Gasteiger partial charge in [0, 0.05) is 18.0 Å². The van der Waals surface area contributed by atoms with Gasteiger partial charge < -0.3 is 4.74 Å². The standard InChI is InChI=1S/C11H11N3O/c1-8-6-12-7-14-11(8)15-10-4-3-5-13-9(10)2/h3-7H,1-2H3. The van der Waals surface area contributed by atoms with Gasteiger partial charge >= 0.3 is 0 Å². The molecule has 4 heteroatoms. The molecule has 0 fully saturated rings. The van der Waals surface area contributed by atoms with Crippen LogP contribution in [0.15, 0.2) is 30.9 Å². The highest BCUT2D eigenvalue weighted by Gasteiger charge is 2.04. The first-order valence-electron chi connectivity index (χ1n) is 4.63. The molecular weight excluding hydrogens is 190 g/mol. The molecule has 2 rings (SSSR count). The predicted molar refractivity (Wildman–Crippen MR) is 55.8 cm³/mol. The molecule has 0 aliphatic heterocycles. The molecule has 15 heavy (non-hydrogen) atoms. The van der Waals surface area contributed by atoms with Crippen LogP contribution < -0.4 is 4.74 Å². The lowest BCUT2D eigenvalue weighted by Gasteiger charge is -2.07. The van der Waals surface area contributed by atoms with Crippen molar-refractivity contribution in [3.8, 4) is 11.6 Å². The van der Waals surface area contributed by atoms with Crippen LogP contribution >= 0.6 is 0 Å². The van der Waals surface area contributed by atoms with E-state index in [1.807, 2.05) is 26.0 Å². The van der Waals surface area contributed by atoms with Gasteiger partial charge in [-0.2, -0.15) is 0 Å². The smallest absolute Gasteiger partial charge is 0.225 e. The first-order chi connectivity index (χ1) is 7.27. The highest BCUT2D eigenvalue weighted by atomic mass is 16.5. The van der Waals surface area contributed by atoms with Crippen molar-refractivity contribution < 1.29 is 4.74 Å². The van der Waals surface area contributed by atoms with Gasteiger partial charge in [0.1, 0.15) is 6.33 Å². The Kier molecular flexibility index (Phi) is 2.58. The molecule has 0 atom stereocenters. The molecule has 2 heterocycles. The summed E-state index contributed by atoms with van der Waals surface area (Å²) in [5.41, 5.74) is 1.75. The van der Waals surface area contributed by atoms with E-state index in [4.69, 9.17) is 4.74 Å².